The molecule has 1 unspecified atom stereocenters. The third kappa shape index (κ3) is 3.21. The van der Waals surface area contributed by atoms with Crippen LogP contribution in [0.4, 0.5) is 11.8 Å². The molecule has 21 heavy (non-hydrogen) atoms. The van der Waals surface area contributed by atoms with Gasteiger partial charge >= 0.3 is 0 Å². The molecule has 0 saturated carbocycles. The lowest BCUT2D eigenvalue weighted by Crippen LogP contribution is -2.22. The molecule has 3 rings (SSSR count). The van der Waals surface area contributed by atoms with Gasteiger partial charge in [-0.2, -0.15) is 9.97 Å². The van der Waals surface area contributed by atoms with E-state index in [-0.39, 0.29) is 5.95 Å². The molecular formula is C15H19N5O. The molecule has 1 fully saturated rings. The predicted octanol–water partition coefficient (Wildman–Crippen LogP) is 1.53. The highest BCUT2D eigenvalue weighted by Gasteiger charge is 2.24. The number of hydrogen-bond acceptors (Lipinski definition) is 6. The number of ether oxygens (including phenoxy) is 1. The molecule has 1 aliphatic rings. The molecule has 3 heterocycles. The van der Waals surface area contributed by atoms with Crippen molar-refractivity contribution in [1.29, 1.82) is 0 Å². The van der Waals surface area contributed by atoms with Gasteiger partial charge in [0.25, 0.3) is 0 Å². The fourth-order valence-corrected chi connectivity index (χ4v) is 2.76. The second-order valence-corrected chi connectivity index (χ2v) is 5.29. The SMILES string of the molecule is COc1cc(N2CCC(Cc3cccnc3)C2)nc(N)n1. The van der Waals surface area contributed by atoms with E-state index >= 15 is 0 Å². The Labute approximate surface area is 124 Å². The Morgan fingerprint density at radius 1 is 1.43 bits per heavy atom. The van der Waals surface area contributed by atoms with E-state index in [2.05, 4.69) is 25.9 Å². The molecule has 6 heteroatoms. The number of aromatic nitrogens is 3. The molecule has 1 aliphatic heterocycles. The quantitative estimate of drug-likeness (QED) is 0.918. The number of pyridine rings is 1. The Balaban J connectivity index is 1.68. The molecule has 2 aromatic rings. The van der Waals surface area contributed by atoms with Crippen LogP contribution in [0.5, 0.6) is 5.88 Å². The van der Waals surface area contributed by atoms with E-state index in [1.165, 1.54) is 5.56 Å². The average molecular weight is 285 g/mol. The number of methoxy groups -OCH3 is 1. The smallest absolute Gasteiger partial charge is 0.225 e. The third-order valence-electron chi connectivity index (χ3n) is 3.77. The zero-order valence-corrected chi connectivity index (χ0v) is 12.1. The van der Waals surface area contributed by atoms with E-state index < -0.39 is 0 Å². The molecule has 2 aromatic heterocycles. The highest BCUT2D eigenvalue weighted by molar-refractivity contribution is 5.46. The lowest BCUT2D eigenvalue weighted by molar-refractivity contribution is 0.397. The monoisotopic (exact) mass is 285 g/mol. The average Bonchev–Trinajstić information content (AvgIpc) is 2.96. The Bertz CT molecular complexity index is 604. The molecular weight excluding hydrogens is 266 g/mol. The Kier molecular flexibility index (Phi) is 3.85. The van der Waals surface area contributed by atoms with Crippen molar-refractivity contribution in [3.8, 4) is 5.88 Å². The summed E-state index contributed by atoms with van der Waals surface area (Å²) >= 11 is 0. The van der Waals surface area contributed by atoms with Crippen LogP contribution < -0.4 is 15.4 Å². The minimum Gasteiger partial charge on any atom is -0.481 e. The van der Waals surface area contributed by atoms with Crippen LogP contribution in [0.1, 0.15) is 12.0 Å². The fourth-order valence-electron chi connectivity index (χ4n) is 2.76. The van der Waals surface area contributed by atoms with Crippen LogP contribution in [0.3, 0.4) is 0 Å². The first-order valence-corrected chi connectivity index (χ1v) is 7.07. The van der Waals surface area contributed by atoms with Crippen LogP contribution in [-0.4, -0.2) is 35.2 Å². The van der Waals surface area contributed by atoms with Gasteiger partial charge in [-0.25, -0.2) is 0 Å². The summed E-state index contributed by atoms with van der Waals surface area (Å²) in [7, 11) is 1.58. The highest BCUT2D eigenvalue weighted by atomic mass is 16.5. The molecule has 0 bridgehead atoms. The molecule has 0 spiro atoms. The topological polar surface area (TPSA) is 77.2 Å². The van der Waals surface area contributed by atoms with Crippen LogP contribution in [0.25, 0.3) is 0 Å². The van der Waals surface area contributed by atoms with Crippen LogP contribution in [0, 0.1) is 5.92 Å². The summed E-state index contributed by atoms with van der Waals surface area (Å²) in [4.78, 5) is 14.7. The van der Waals surface area contributed by atoms with Gasteiger partial charge in [0.2, 0.25) is 11.8 Å². The summed E-state index contributed by atoms with van der Waals surface area (Å²) in [6, 6.07) is 5.95. The lowest BCUT2D eigenvalue weighted by atomic mass is 10.0. The van der Waals surface area contributed by atoms with Gasteiger partial charge in [0.15, 0.2) is 0 Å². The van der Waals surface area contributed by atoms with Crippen molar-refractivity contribution < 1.29 is 4.74 Å². The predicted molar refractivity (Wildman–Crippen MR) is 81.3 cm³/mol. The van der Waals surface area contributed by atoms with Gasteiger partial charge in [-0.1, -0.05) is 6.07 Å². The molecule has 1 saturated heterocycles. The van der Waals surface area contributed by atoms with Gasteiger partial charge in [0.05, 0.1) is 7.11 Å². The first kappa shape index (κ1) is 13.6. The molecule has 0 radical (unpaired) electrons. The molecule has 6 nitrogen and oxygen atoms in total. The van der Waals surface area contributed by atoms with E-state index in [0.29, 0.717) is 11.8 Å². The van der Waals surface area contributed by atoms with Crippen molar-refractivity contribution >= 4 is 11.8 Å². The zero-order chi connectivity index (χ0) is 14.7. The fraction of sp³-hybridized carbons (Fsp3) is 0.400. The number of hydrogen-bond donors (Lipinski definition) is 1. The van der Waals surface area contributed by atoms with E-state index in [0.717, 1.165) is 31.7 Å². The Morgan fingerprint density at radius 2 is 2.33 bits per heavy atom. The summed E-state index contributed by atoms with van der Waals surface area (Å²) in [5.41, 5.74) is 7.01. The van der Waals surface area contributed by atoms with E-state index in [1.54, 1.807) is 13.3 Å². The summed E-state index contributed by atoms with van der Waals surface area (Å²) in [6.45, 7) is 1.94. The van der Waals surface area contributed by atoms with Crippen molar-refractivity contribution in [3.05, 3.63) is 36.2 Å². The minimum atomic E-state index is 0.250. The number of nitrogen functional groups attached to an aromatic ring is 1. The first-order valence-electron chi connectivity index (χ1n) is 7.07. The van der Waals surface area contributed by atoms with Crippen molar-refractivity contribution in [2.24, 2.45) is 5.92 Å². The van der Waals surface area contributed by atoms with Crippen LogP contribution >= 0.6 is 0 Å². The molecule has 0 aliphatic carbocycles. The number of rotatable bonds is 4. The first-order chi connectivity index (χ1) is 10.2. The summed E-state index contributed by atoms with van der Waals surface area (Å²) < 4.78 is 5.15. The van der Waals surface area contributed by atoms with Gasteiger partial charge in [0, 0.05) is 31.5 Å². The zero-order valence-electron chi connectivity index (χ0n) is 12.1. The van der Waals surface area contributed by atoms with E-state index in [9.17, 15) is 0 Å². The molecule has 0 aromatic carbocycles. The summed E-state index contributed by atoms with van der Waals surface area (Å²) in [5.74, 6) is 2.21. The summed E-state index contributed by atoms with van der Waals surface area (Å²) in [5, 5.41) is 0. The normalized spacial score (nSPS) is 18.0. The number of anilines is 2. The van der Waals surface area contributed by atoms with Crippen molar-refractivity contribution in [2.45, 2.75) is 12.8 Å². The molecule has 110 valence electrons. The minimum absolute atomic E-state index is 0.250. The maximum atomic E-state index is 5.72. The van der Waals surface area contributed by atoms with E-state index in [4.69, 9.17) is 10.5 Å². The second kappa shape index (κ2) is 5.95. The number of nitrogens with two attached hydrogens (primary N) is 1. The Morgan fingerprint density at radius 3 is 3.10 bits per heavy atom. The van der Waals surface area contributed by atoms with Gasteiger partial charge in [-0.3, -0.25) is 4.98 Å². The van der Waals surface area contributed by atoms with Crippen LogP contribution in [0.2, 0.25) is 0 Å². The third-order valence-corrected chi connectivity index (χ3v) is 3.77. The second-order valence-electron chi connectivity index (χ2n) is 5.29. The summed E-state index contributed by atoms with van der Waals surface area (Å²) in [6.07, 6.45) is 5.93. The maximum absolute atomic E-state index is 5.72. The van der Waals surface area contributed by atoms with Crippen molar-refractivity contribution in [3.63, 3.8) is 0 Å². The van der Waals surface area contributed by atoms with Gasteiger partial charge in [-0.05, 0) is 30.4 Å². The number of nitrogens with zero attached hydrogens (tertiary/aromatic N) is 4. The van der Waals surface area contributed by atoms with Crippen LogP contribution in [0.15, 0.2) is 30.6 Å². The Hall–Kier alpha value is -2.37. The largest absolute Gasteiger partial charge is 0.481 e. The van der Waals surface area contributed by atoms with E-state index in [1.807, 2.05) is 18.3 Å². The molecule has 1 atom stereocenters. The van der Waals surface area contributed by atoms with Gasteiger partial charge in [0.1, 0.15) is 5.82 Å². The maximum Gasteiger partial charge on any atom is 0.225 e. The lowest BCUT2D eigenvalue weighted by Gasteiger charge is -2.18. The standard InChI is InChI=1S/C15H19N5O/c1-21-14-8-13(18-15(16)19-14)20-6-4-12(10-20)7-11-3-2-5-17-9-11/h2-3,5,8-9,12H,4,6-7,10H2,1H3,(H2,16,18,19). The van der Waals surface area contributed by atoms with Crippen molar-refractivity contribution in [2.75, 3.05) is 30.8 Å². The van der Waals surface area contributed by atoms with Crippen LogP contribution in [-0.2, 0) is 6.42 Å². The highest BCUT2D eigenvalue weighted by Crippen LogP contribution is 2.26. The molecule has 0 amide bonds. The van der Waals surface area contributed by atoms with Gasteiger partial charge < -0.3 is 15.4 Å². The molecule has 2 N–H and O–H groups in total. The van der Waals surface area contributed by atoms with Crippen molar-refractivity contribution in [1.82, 2.24) is 15.0 Å². The van der Waals surface area contributed by atoms with Gasteiger partial charge in [-0.15, -0.1) is 0 Å².